The summed E-state index contributed by atoms with van der Waals surface area (Å²) in [7, 11) is 1.94. The van der Waals surface area contributed by atoms with Gasteiger partial charge in [-0.1, -0.05) is 6.58 Å². The van der Waals surface area contributed by atoms with Gasteiger partial charge in [0.1, 0.15) is 19.0 Å². The quantitative estimate of drug-likeness (QED) is 0.375. The lowest BCUT2D eigenvalue weighted by Crippen LogP contribution is -3.00. The van der Waals surface area contributed by atoms with Crippen LogP contribution in [0, 0.1) is 0 Å². The van der Waals surface area contributed by atoms with E-state index in [1.165, 1.54) is 0 Å². The number of carbonyl (C=O) groups is 1. The van der Waals surface area contributed by atoms with Gasteiger partial charge in [0.2, 0.25) is 0 Å². The second-order valence-corrected chi connectivity index (χ2v) is 3.18. The number of imidazole rings is 1. The molecule has 0 aliphatic heterocycles. The fourth-order valence-electron chi connectivity index (χ4n) is 1.05. The lowest BCUT2D eigenvalue weighted by atomic mass is 10.3. The van der Waals surface area contributed by atoms with Crippen molar-refractivity contribution in [3.63, 3.8) is 0 Å². The number of aromatic nitrogens is 2. The number of H-pyrrole nitrogens is 1. The number of nitrogens with one attached hydrogen (secondary N) is 1. The molecule has 1 aromatic heterocycles. The van der Waals surface area contributed by atoms with Crippen LogP contribution in [0.4, 0.5) is 0 Å². The van der Waals surface area contributed by atoms with Crippen molar-refractivity contribution in [2.24, 2.45) is 7.05 Å². The molecule has 1 heterocycles. The molecule has 0 saturated heterocycles. The summed E-state index contributed by atoms with van der Waals surface area (Å²) >= 11 is 0. The van der Waals surface area contributed by atoms with E-state index in [0.29, 0.717) is 18.6 Å². The summed E-state index contributed by atoms with van der Waals surface area (Å²) in [6, 6.07) is 0. The molecule has 1 N–H and O–H groups in total. The first kappa shape index (κ1) is 13.9. The average molecular weight is 275 g/mol. The van der Waals surface area contributed by atoms with Gasteiger partial charge in [-0.2, -0.15) is 0 Å². The van der Waals surface area contributed by atoms with Crippen LogP contribution in [0.5, 0.6) is 0 Å². The third-order valence-electron chi connectivity index (χ3n) is 1.89. The van der Waals surface area contributed by atoms with E-state index in [1.807, 2.05) is 24.0 Å². The summed E-state index contributed by atoms with van der Waals surface area (Å²) in [6.45, 7) is 5.51. The third-order valence-corrected chi connectivity index (χ3v) is 1.89. The van der Waals surface area contributed by atoms with Crippen molar-refractivity contribution in [1.29, 1.82) is 0 Å². The first-order valence-electron chi connectivity index (χ1n) is 4.46. The Hall–Kier alpha value is -1.10. The second-order valence-electron chi connectivity index (χ2n) is 3.18. The fourth-order valence-corrected chi connectivity index (χ4v) is 1.05. The van der Waals surface area contributed by atoms with E-state index < -0.39 is 0 Å². The molecule has 0 aliphatic rings. The molecule has 1 aromatic rings. The number of nitrogens with zero attached hydrogens (tertiary/aromatic N) is 1. The lowest BCUT2D eigenvalue weighted by molar-refractivity contribution is -0.677. The molecule has 0 aliphatic carbocycles. The van der Waals surface area contributed by atoms with Crippen molar-refractivity contribution in [2.75, 3.05) is 6.61 Å². The highest BCUT2D eigenvalue weighted by molar-refractivity contribution is 5.86. The predicted molar refractivity (Wildman–Crippen MR) is 51.4 cm³/mol. The number of halogens is 1. The lowest BCUT2D eigenvalue weighted by Gasteiger charge is -2.01. The standard InChI is InChI=1S/C10H14N2O2.BrH/c1-8(2)10(13)14-7-4-9-11-5-6-12(9)3;/h5-6H,1,4,7H2,2-3H3;1H. The molecule has 5 heteroatoms. The van der Waals surface area contributed by atoms with Crippen molar-refractivity contribution < 1.29 is 31.1 Å². The number of aryl methyl sites for hydroxylation is 1. The van der Waals surface area contributed by atoms with Crippen LogP contribution in [-0.4, -0.2) is 17.6 Å². The molecule has 0 unspecified atom stereocenters. The van der Waals surface area contributed by atoms with Gasteiger partial charge in [-0.3, -0.25) is 0 Å². The first-order valence-corrected chi connectivity index (χ1v) is 4.46. The molecule has 4 nitrogen and oxygen atoms in total. The molecule has 1 rings (SSSR count). The predicted octanol–water partition coefficient (Wildman–Crippen LogP) is -2.49. The van der Waals surface area contributed by atoms with E-state index in [-0.39, 0.29) is 23.0 Å². The third kappa shape index (κ3) is 4.29. The Bertz CT molecular complexity index is 347. The second kappa shape index (κ2) is 6.40. The minimum Gasteiger partial charge on any atom is -1.00 e. The molecule has 0 fully saturated rings. The molecular formula is C10H15BrN2O2. The van der Waals surface area contributed by atoms with Gasteiger partial charge >= 0.3 is 5.97 Å². The minimum absolute atomic E-state index is 0. The van der Waals surface area contributed by atoms with Crippen LogP contribution in [0.25, 0.3) is 0 Å². The van der Waals surface area contributed by atoms with Gasteiger partial charge in [0.25, 0.3) is 5.82 Å². The molecule has 0 amide bonds. The molecule has 0 saturated carbocycles. The van der Waals surface area contributed by atoms with Crippen LogP contribution >= 0.6 is 0 Å². The number of rotatable bonds is 4. The number of esters is 1. The van der Waals surface area contributed by atoms with E-state index in [1.54, 1.807) is 6.92 Å². The fraction of sp³-hybridized carbons (Fsp3) is 0.400. The zero-order chi connectivity index (χ0) is 10.6. The van der Waals surface area contributed by atoms with Crippen LogP contribution in [-0.2, 0) is 23.0 Å². The van der Waals surface area contributed by atoms with Gasteiger partial charge in [-0.15, -0.1) is 0 Å². The summed E-state index contributed by atoms with van der Waals surface area (Å²) < 4.78 is 6.91. The van der Waals surface area contributed by atoms with Gasteiger partial charge in [-0.05, 0) is 6.92 Å². The van der Waals surface area contributed by atoms with Crippen molar-refractivity contribution in [3.05, 3.63) is 30.4 Å². The van der Waals surface area contributed by atoms with Crippen molar-refractivity contribution >= 4 is 5.97 Å². The van der Waals surface area contributed by atoms with Gasteiger partial charge in [0, 0.05) is 5.57 Å². The molecule has 0 radical (unpaired) electrons. The first-order chi connectivity index (χ1) is 6.61. The number of aromatic amines is 1. The van der Waals surface area contributed by atoms with Crippen LogP contribution in [0.1, 0.15) is 12.7 Å². The highest BCUT2D eigenvalue weighted by Crippen LogP contribution is 1.94. The maximum atomic E-state index is 11.0. The molecule has 0 bridgehead atoms. The Labute approximate surface area is 99.7 Å². The maximum Gasteiger partial charge on any atom is 0.333 e. The monoisotopic (exact) mass is 274 g/mol. The van der Waals surface area contributed by atoms with E-state index in [0.717, 1.165) is 5.82 Å². The number of hydrogen-bond acceptors (Lipinski definition) is 2. The largest absolute Gasteiger partial charge is 1.00 e. The maximum absolute atomic E-state index is 11.0. The van der Waals surface area contributed by atoms with Gasteiger partial charge in [0.05, 0.1) is 13.5 Å². The Kier molecular flexibility index (Phi) is 5.93. The van der Waals surface area contributed by atoms with Gasteiger partial charge in [-0.25, -0.2) is 14.3 Å². The summed E-state index contributed by atoms with van der Waals surface area (Å²) in [5, 5.41) is 0. The topological polar surface area (TPSA) is 46.0 Å². The Morgan fingerprint density at radius 2 is 2.33 bits per heavy atom. The van der Waals surface area contributed by atoms with Crippen molar-refractivity contribution in [2.45, 2.75) is 13.3 Å². The highest BCUT2D eigenvalue weighted by Gasteiger charge is 2.08. The SMILES string of the molecule is C=C(C)C(=O)OCCc1[nH]cc[n+]1C.[Br-]. The smallest absolute Gasteiger partial charge is 0.333 e. The van der Waals surface area contributed by atoms with Gasteiger partial charge < -0.3 is 21.7 Å². The molecular weight excluding hydrogens is 260 g/mol. The van der Waals surface area contributed by atoms with Crippen molar-refractivity contribution in [3.8, 4) is 0 Å². The van der Waals surface area contributed by atoms with E-state index in [9.17, 15) is 4.79 Å². The normalized spacial score (nSPS) is 9.20. The summed E-state index contributed by atoms with van der Waals surface area (Å²) in [5.41, 5.74) is 0.431. The van der Waals surface area contributed by atoms with Crippen molar-refractivity contribution in [1.82, 2.24) is 4.98 Å². The highest BCUT2D eigenvalue weighted by atomic mass is 79.9. The summed E-state index contributed by atoms with van der Waals surface area (Å²) in [6.07, 6.45) is 4.44. The van der Waals surface area contributed by atoms with Crippen LogP contribution < -0.4 is 21.5 Å². The van der Waals surface area contributed by atoms with Crippen LogP contribution in [0.15, 0.2) is 24.5 Å². The molecule has 0 spiro atoms. The van der Waals surface area contributed by atoms with E-state index >= 15 is 0 Å². The number of carbonyl (C=O) groups excluding carboxylic acids is 1. The van der Waals surface area contributed by atoms with Gasteiger partial charge in [0.15, 0.2) is 0 Å². The zero-order valence-electron chi connectivity index (χ0n) is 8.92. The zero-order valence-corrected chi connectivity index (χ0v) is 10.5. The molecule has 0 atom stereocenters. The summed E-state index contributed by atoms with van der Waals surface area (Å²) in [4.78, 5) is 14.1. The molecule has 0 aromatic carbocycles. The number of ether oxygens (including phenoxy) is 1. The average Bonchev–Trinajstić information content (AvgIpc) is 2.51. The van der Waals surface area contributed by atoms with E-state index in [4.69, 9.17) is 4.74 Å². The molecule has 84 valence electrons. The minimum atomic E-state index is -0.334. The van der Waals surface area contributed by atoms with Crippen LogP contribution in [0.2, 0.25) is 0 Å². The summed E-state index contributed by atoms with van der Waals surface area (Å²) in [5.74, 6) is 0.693. The Morgan fingerprint density at radius 1 is 1.67 bits per heavy atom. The number of hydrogen-bond donors (Lipinski definition) is 1. The Morgan fingerprint density at radius 3 is 2.80 bits per heavy atom. The molecule has 15 heavy (non-hydrogen) atoms. The van der Waals surface area contributed by atoms with E-state index in [2.05, 4.69) is 11.6 Å². The Balaban J connectivity index is 0.00000196. The van der Waals surface area contributed by atoms with Crippen LogP contribution in [0.3, 0.4) is 0 Å².